The molecule has 0 spiro atoms. The molecule has 0 radical (unpaired) electrons. The maximum Gasteiger partial charge on any atom is 0.223 e. The van der Waals surface area contributed by atoms with Gasteiger partial charge in [0.25, 0.3) is 0 Å². The Morgan fingerprint density at radius 2 is 2.17 bits per heavy atom. The molecule has 5 nitrogen and oxygen atoms in total. The first kappa shape index (κ1) is 12.4. The summed E-state index contributed by atoms with van der Waals surface area (Å²) in [6.45, 7) is 0.409. The van der Waals surface area contributed by atoms with E-state index in [2.05, 4.69) is 10.5 Å². The van der Waals surface area contributed by atoms with Crippen molar-refractivity contribution in [1.82, 2.24) is 5.32 Å². The zero-order valence-corrected chi connectivity index (χ0v) is 10.0. The molecule has 2 atom stereocenters. The normalized spacial score (nSPS) is 22.6. The van der Waals surface area contributed by atoms with Crippen molar-refractivity contribution in [3.8, 4) is 0 Å². The van der Waals surface area contributed by atoms with Crippen molar-refractivity contribution in [2.45, 2.75) is 18.8 Å². The third kappa shape index (κ3) is 3.00. The van der Waals surface area contributed by atoms with Crippen molar-refractivity contribution in [3.05, 3.63) is 35.9 Å². The highest BCUT2D eigenvalue weighted by Crippen LogP contribution is 2.47. The number of carbonyl (C=O) groups excluding carboxylic acids is 1. The van der Waals surface area contributed by atoms with Gasteiger partial charge in [0, 0.05) is 18.9 Å². The molecule has 1 aromatic carbocycles. The lowest BCUT2D eigenvalue weighted by Gasteiger charge is -2.04. The van der Waals surface area contributed by atoms with Gasteiger partial charge in [-0.15, -0.1) is 0 Å². The van der Waals surface area contributed by atoms with Gasteiger partial charge in [-0.05, 0) is 17.9 Å². The Kier molecular flexibility index (Phi) is 3.82. The maximum absolute atomic E-state index is 11.8. The number of carbonyl (C=O) groups is 1. The Morgan fingerprint density at radius 3 is 2.83 bits per heavy atom. The molecule has 0 saturated heterocycles. The summed E-state index contributed by atoms with van der Waals surface area (Å²) in [5.41, 5.74) is 6.53. The summed E-state index contributed by atoms with van der Waals surface area (Å²) in [6.07, 6.45) is 1.27. The smallest absolute Gasteiger partial charge is 0.223 e. The molecule has 0 heterocycles. The number of hydrogen-bond donors (Lipinski definition) is 3. The average Bonchev–Trinajstić information content (AvgIpc) is 3.19. The minimum atomic E-state index is 0.0505. The van der Waals surface area contributed by atoms with Crippen LogP contribution in [0.15, 0.2) is 35.5 Å². The molecule has 0 aromatic heterocycles. The number of benzene rings is 1. The number of hydrogen-bond acceptors (Lipinski definition) is 3. The van der Waals surface area contributed by atoms with Crippen molar-refractivity contribution in [1.29, 1.82) is 0 Å². The van der Waals surface area contributed by atoms with Gasteiger partial charge in [-0.1, -0.05) is 35.5 Å². The van der Waals surface area contributed by atoms with Gasteiger partial charge in [0.15, 0.2) is 0 Å². The van der Waals surface area contributed by atoms with Crippen molar-refractivity contribution < 1.29 is 10.0 Å². The molecule has 5 heteroatoms. The standard InChI is InChI=1S/C13H17N3O2/c14-12(16-18)6-7-15-13(17)11-8-10(11)9-4-2-1-3-5-9/h1-5,10-11,18H,6-8H2,(H2,14,16)(H,15,17). The number of amides is 1. The molecule has 1 aliphatic rings. The minimum Gasteiger partial charge on any atom is -0.409 e. The molecular formula is C13H17N3O2. The molecule has 1 aromatic rings. The minimum absolute atomic E-state index is 0.0505. The maximum atomic E-state index is 11.8. The summed E-state index contributed by atoms with van der Waals surface area (Å²) < 4.78 is 0. The van der Waals surface area contributed by atoms with Crippen molar-refractivity contribution >= 4 is 11.7 Å². The summed E-state index contributed by atoms with van der Waals surface area (Å²) in [5.74, 6) is 0.593. The van der Waals surface area contributed by atoms with Gasteiger partial charge in [0.1, 0.15) is 5.84 Å². The monoisotopic (exact) mass is 247 g/mol. The van der Waals surface area contributed by atoms with E-state index in [9.17, 15) is 4.79 Å². The number of oxime groups is 1. The fourth-order valence-electron chi connectivity index (χ4n) is 2.05. The third-order valence-corrected chi connectivity index (χ3v) is 3.16. The van der Waals surface area contributed by atoms with E-state index >= 15 is 0 Å². The van der Waals surface area contributed by atoms with E-state index in [1.807, 2.05) is 30.3 Å². The van der Waals surface area contributed by atoms with Gasteiger partial charge in [-0.3, -0.25) is 4.79 Å². The Hall–Kier alpha value is -2.04. The van der Waals surface area contributed by atoms with Gasteiger partial charge in [0.05, 0.1) is 0 Å². The predicted octanol–water partition coefficient (Wildman–Crippen LogP) is 1.04. The highest BCUT2D eigenvalue weighted by molar-refractivity contribution is 5.84. The molecule has 0 bridgehead atoms. The van der Waals surface area contributed by atoms with Crippen LogP contribution in [0.5, 0.6) is 0 Å². The lowest BCUT2D eigenvalue weighted by molar-refractivity contribution is -0.122. The van der Waals surface area contributed by atoms with E-state index in [1.165, 1.54) is 5.56 Å². The molecule has 4 N–H and O–H groups in total. The third-order valence-electron chi connectivity index (χ3n) is 3.16. The topological polar surface area (TPSA) is 87.7 Å². The first-order chi connectivity index (χ1) is 8.72. The quantitative estimate of drug-likeness (QED) is 0.314. The van der Waals surface area contributed by atoms with E-state index in [-0.39, 0.29) is 17.7 Å². The van der Waals surface area contributed by atoms with Crippen LogP contribution in [-0.2, 0) is 4.79 Å². The zero-order chi connectivity index (χ0) is 13.0. The molecule has 96 valence electrons. The Bertz CT molecular complexity index is 445. The lowest BCUT2D eigenvalue weighted by Crippen LogP contribution is -2.29. The van der Waals surface area contributed by atoms with E-state index in [1.54, 1.807) is 0 Å². The van der Waals surface area contributed by atoms with Crippen LogP contribution in [0.4, 0.5) is 0 Å². The van der Waals surface area contributed by atoms with Crippen LogP contribution < -0.4 is 11.1 Å². The SMILES string of the molecule is N/C(CCNC(=O)C1CC1c1ccccc1)=N/O. The molecule has 18 heavy (non-hydrogen) atoms. The number of rotatable bonds is 5. The number of nitrogens with zero attached hydrogens (tertiary/aromatic N) is 1. The number of nitrogens with two attached hydrogens (primary N) is 1. The van der Waals surface area contributed by atoms with Crippen LogP contribution in [-0.4, -0.2) is 23.5 Å². The summed E-state index contributed by atoms with van der Waals surface area (Å²) in [5, 5.41) is 14.0. The van der Waals surface area contributed by atoms with Crippen LogP contribution in [0.2, 0.25) is 0 Å². The fourth-order valence-corrected chi connectivity index (χ4v) is 2.05. The molecule has 0 aliphatic heterocycles. The van der Waals surface area contributed by atoms with Crippen molar-refractivity contribution in [2.75, 3.05) is 6.54 Å². The Morgan fingerprint density at radius 1 is 1.44 bits per heavy atom. The molecule has 2 unspecified atom stereocenters. The largest absolute Gasteiger partial charge is 0.409 e. The number of amidine groups is 1. The summed E-state index contributed by atoms with van der Waals surface area (Å²) in [7, 11) is 0. The van der Waals surface area contributed by atoms with Crippen LogP contribution in [0.1, 0.15) is 24.3 Å². The fraction of sp³-hybridized carbons (Fsp3) is 0.385. The highest BCUT2D eigenvalue weighted by Gasteiger charge is 2.43. The molecule has 1 saturated carbocycles. The van der Waals surface area contributed by atoms with Crippen LogP contribution >= 0.6 is 0 Å². The average molecular weight is 247 g/mol. The van der Waals surface area contributed by atoms with E-state index in [0.29, 0.717) is 18.9 Å². The van der Waals surface area contributed by atoms with Gasteiger partial charge >= 0.3 is 0 Å². The van der Waals surface area contributed by atoms with Crippen LogP contribution in [0.25, 0.3) is 0 Å². The zero-order valence-electron chi connectivity index (χ0n) is 10.0. The highest BCUT2D eigenvalue weighted by atomic mass is 16.4. The Labute approximate surface area is 106 Å². The van der Waals surface area contributed by atoms with E-state index < -0.39 is 0 Å². The predicted molar refractivity (Wildman–Crippen MR) is 68.3 cm³/mol. The number of nitrogens with one attached hydrogen (secondary N) is 1. The second-order valence-corrected chi connectivity index (χ2v) is 4.49. The first-order valence-electron chi connectivity index (χ1n) is 6.01. The second kappa shape index (κ2) is 5.53. The molecule has 1 amide bonds. The summed E-state index contributed by atoms with van der Waals surface area (Å²) >= 11 is 0. The lowest BCUT2D eigenvalue weighted by atomic mass is 10.1. The molecule has 1 aliphatic carbocycles. The van der Waals surface area contributed by atoms with Gasteiger partial charge in [-0.25, -0.2) is 0 Å². The molecule has 2 rings (SSSR count). The van der Waals surface area contributed by atoms with E-state index in [0.717, 1.165) is 6.42 Å². The Balaban J connectivity index is 1.76. The van der Waals surface area contributed by atoms with Crippen molar-refractivity contribution in [2.24, 2.45) is 16.8 Å². The van der Waals surface area contributed by atoms with Crippen LogP contribution in [0, 0.1) is 5.92 Å². The van der Waals surface area contributed by atoms with E-state index in [4.69, 9.17) is 10.9 Å². The summed E-state index contributed by atoms with van der Waals surface area (Å²) in [6, 6.07) is 10.0. The van der Waals surface area contributed by atoms with Gasteiger partial charge in [-0.2, -0.15) is 0 Å². The van der Waals surface area contributed by atoms with Gasteiger partial charge < -0.3 is 16.3 Å². The van der Waals surface area contributed by atoms with Crippen LogP contribution in [0.3, 0.4) is 0 Å². The summed E-state index contributed by atoms with van der Waals surface area (Å²) in [4.78, 5) is 11.8. The molecule has 1 fully saturated rings. The molecular weight excluding hydrogens is 230 g/mol. The van der Waals surface area contributed by atoms with Crippen molar-refractivity contribution in [3.63, 3.8) is 0 Å². The first-order valence-corrected chi connectivity index (χ1v) is 6.01. The second-order valence-electron chi connectivity index (χ2n) is 4.49. The van der Waals surface area contributed by atoms with Gasteiger partial charge in [0.2, 0.25) is 5.91 Å².